The van der Waals surface area contributed by atoms with Gasteiger partial charge < -0.3 is 0 Å². The number of hydrogen-bond donors (Lipinski definition) is 1. The van der Waals surface area contributed by atoms with Crippen LogP contribution in [0.3, 0.4) is 0 Å². The fourth-order valence-electron chi connectivity index (χ4n) is 0. The van der Waals surface area contributed by atoms with E-state index < -0.39 is 7.99 Å². The third-order valence-electron chi connectivity index (χ3n) is 0.123. The minimum absolute atomic E-state index is 2.66. The third kappa shape index (κ3) is 4.01. The van der Waals surface area contributed by atoms with E-state index in [2.05, 4.69) is 10.5 Å². The van der Waals surface area contributed by atoms with Crippen LogP contribution in [0.2, 0.25) is 0 Å². The van der Waals surface area contributed by atoms with Crippen molar-refractivity contribution < 1.29 is 17.6 Å². The van der Waals surface area contributed by atoms with Gasteiger partial charge in [-0.1, -0.05) is 0 Å². The molecule has 0 aromatic carbocycles. The van der Waals surface area contributed by atoms with E-state index in [1.165, 1.54) is 0 Å². The zero-order valence-corrected chi connectivity index (χ0v) is 3.49. The topological polar surface area (TPSA) is 52.3 Å². The van der Waals surface area contributed by atoms with E-state index in [1.54, 1.807) is 0 Å². The Bertz CT molecular complexity index is 75.6. The van der Waals surface area contributed by atoms with Gasteiger partial charge >= 0.3 is 7.99 Å². The first-order valence-corrected chi connectivity index (χ1v) is 2.35. The smallest absolute Gasteiger partial charge is 0.217 e. The summed E-state index contributed by atoms with van der Waals surface area (Å²) in [6.45, 7) is 0. The van der Waals surface area contributed by atoms with Crippen LogP contribution in [0.15, 0.2) is 0 Å². The first-order valence-electron chi connectivity index (χ1n) is 0.939. The van der Waals surface area contributed by atoms with Crippen LogP contribution in [0.25, 0.3) is 0 Å². The first-order chi connectivity index (χ1) is 2.56. The lowest BCUT2D eigenvalue weighted by Crippen LogP contribution is -1.87. The maximum atomic E-state index is 10.7. The Kier molecular flexibility index (Phi) is 1.64. The van der Waals surface area contributed by atoms with Crippen LogP contribution in [0.5, 0.6) is 0 Å². The summed E-state index contributed by atoms with van der Waals surface area (Å²) in [6.07, 6.45) is 0. The Morgan fingerprint density at radius 2 is 1.83 bits per heavy atom. The highest BCUT2D eigenvalue weighted by Crippen LogP contribution is 2.47. The molecule has 0 saturated carbocycles. The second kappa shape index (κ2) is 1.64. The maximum Gasteiger partial charge on any atom is 0.568 e. The molecule has 0 aliphatic heterocycles. The molecule has 2 N–H and O–H groups in total. The lowest BCUT2D eigenvalue weighted by atomic mass is 13.6. The largest absolute Gasteiger partial charge is 0.568 e. The molecule has 6 heteroatoms. The van der Waals surface area contributed by atoms with Gasteiger partial charge in [-0.2, -0.15) is 4.62 Å². The monoisotopic (exact) mass is 117 g/mol. The van der Waals surface area contributed by atoms with E-state index in [-0.39, 0.29) is 0 Å². The second-order valence-corrected chi connectivity index (χ2v) is 1.56. The Morgan fingerprint density at radius 3 is 1.83 bits per heavy atom. The van der Waals surface area contributed by atoms with Crippen LogP contribution in [-0.2, 0) is 9.19 Å². The van der Waals surface area contributed by atoms with Crippen molar-refractivity contribution in [3.8, 4) is 0 Å². The zero-order chi connectivity index (χ0) is 5.21. The maximum absolute atomic E-state index is 10.7. The van der Waals surface area contributed by atoms with Crippen molar-refractivity contribution in [2.24, 2.45) is 5.90 Å². The predicted molar refractivity (Wildman–Crippen MR) is 15.1 cm³/mol. The van der Waals surface area contributed by atoms with E-state index in [0.717, 1.165) is 0 Å². The van der Waals surface area contributed by atoms with Gasteiger partial charge in [-0.25, -0.2) is 10.5 Å². The Balaban J connectivity index is 3.48. The zero-order valence-electron chi connectivity index (χ0n) is 2.60. The van der Waals surface area contributed by atoms with Gasteiger partial charge in [-0.05, 0) is 0 Å². The summed E-state index contributed by atoms with van der Waals surface area (Å²) in [5.74, 6) is 3.79. The van der Waals surface area contributed by atoms with E-state index >= 15 is 0 Å². The molecule has 0 radical (unpaired) electrons. The number of nitrogens with two attached hydrogens (primary N) is 1. The summed E-state index contributed by atoms with van der Waals surface area (Å²) >= 11 is 0. The molecule has 0 saturated heterocycles. The van der Waals surface area contributed by atoms with E-state index in [1.807, 2.05) is 0 Å². The average molecular weight is 117 g/mol. The summed E-state index contributed by atoms with van der Waals surface area (Å²) in [6, 6.07) is 0. The van der Waals surface area contributed by atoms with E-state index in [4.69, 9.17) is 4.57 Å². The fraction of sp³-hybridized carbons (Fsp3) is 0. The van der Waals surface area contributed by atoms with Crippen LogP contribution in [0.4, 0.5) is 8.39 Å². The van der Waals surface area contributed by atoms with Crippen LogP contribution in [0.1, 0.15) is 0 Å². The van der Waals surface area contributed by atoms with Crippen molar-refractivity contribution >= 4 is 7.99 Å². The molecule has 0 aliphatic rings. The highest BCUT2D eigenvalue weighted by molar-refractivity contribution is 7.47. The second-order valence-electron chi connectivity index (χ2n) is 0.520. The van der Waals surface area contributed by atoms with Gasteiger partial charge in [0.1, 0.15) is 0 Å². The SMILES string of the molecule is NOP(=O)(F)F. The minimum atomic E-state index is -5.37. The fourth-order valence-corrected chi connectivity index (χ4v) is 0. The lowest BCUT2D eigenvalue weighted by Gasteiger charge is -1.85. The summed E-state index contributed by atoms with van der Waals surface area (Å²) in [5.41, 5.74) is 0. The Morgan fingerprint density at radius 1 is 1.67 bits per heavy atom. The molecule has 3 nitrogen and oxygen atoms in total. The summed E-state index contributed by atoms with van der Waals surface area (Å²) in [5, 5.41) is 0. The number of hydrogen-bond acceptors (Lipinski definition) is 3. The summed E-state index contributed by atoms with van der Waals surface area (Å²) in [4.78, 5) is 0. The molecule has 0 fully saturated rings. The average Bonchev–Trinajstić information content (AvgIpc) is 1.35. The molecule has 0 bridgehead atoms. The van der Waals surface area contributed by atoms with Gasteiger partial charge in [0.25, 0.3) is 0 Å². The van der Waals surface area contributed by atoms with Crippen molar-refractivity contribution in [1.82, 2.24) is 0 Å². The highest BCUT2D eigenvalue weighted by atomic mass is 31.2. The quantitative estimate of drug-likeness (QED) is 0.410. The molecule has 0 unspecified atom stereocenters. The van der Waals surface area contributed by atoms with Crippen molar-refractivity contribution in [3.05, 3.63) is 0 Å². The normalized spacial score (nSPS) is 11.8. The van der Waals surface area contributed by atoms with Gasteiger partial charge in [-0.3, -0.25) is 0 Å². The van der Waals surface area contributed by atoms with Gasteiger partial charge in [0.05, 0.1) is 0 Å². The summed E-state index contributed by atoms with van der Waals surface area (Å²) in [7, 11) is -5.37. The molecule has 0 aliphatic carbocycles. The van der Waals surface area contributed by atoms with Crippen molar-refractivity contribution in [1.29, 1.82) is 0 Å². The van der Waals surface area contributed by atoms with Gasteiger partial charge in [-0.15, -0.1) is 8.39 Å². The standard InChI is InChI=1S/F2H2NO2P/c1-6(2,4)5-3/h3H2. The van der Waals surface area contributed by atoms with Crippen molar-refractivity contribution in [3.63, 3.8) is 0 Å². The molecule has 0 spiro atoms. The van der Waals surface area contributed by atoms with Crippen molar-refractivity contribution in [2.45, 2.75) is 0 Å². The first kappa shape index (κ1) is 6.01. The molecule has 0 aromatic heterocycles. The van der Waals surface area contributed by atoms with Crippen LogP contribution < -0.4 is 5.90 Å². The van der Waals surface area contributed by atoms with E-state index in [9.17, 15) is 8.39 Å². The third-order valence-corrected chi connectivity index (χ3v) is 0.368. The van der Waals surface area contributed by atoms with Crippen molar-refractivity contribution in [2.75, 3.05) is 0 Å². The molecule has 0 heterocycles. The Hall–Kier alpha value is 0.01000. The molecule has 0 rings (SSSR count). The Labute approximate surface area is 32.7 Å². The molecule has 38 valence electrons. The summed E-state index contributed by atoms with van der Waals surface area (Å²) < 4.78 is 32.9. The van der Waals surface area contributed by atoms with Gasteiger partial charge in [0, 0.05) is 0 Å². The highest BCUT2D eigenvalue weighted by Gasteiger charge is 2.17. The molecule has 0 aromatic rings. The molecular weight excluding hydrogens is 115 g/mol. The minimum Gasteiger partial charge on any atom is -0.217 e. The van der Waals surface area contributed by atoms with Gasteiger partial charge in [0.15, 0.2) is 0 Å². The molecule has 6 heavy (non-hydrogen) atoms. The van der Waals surface area contributed by atoms with Crippen LogP contribution in [-0.4, -0.2) is 0 Å². The predicted octanol–water partition coefficient (Wildman–Crippen LogP) is 0.924. The number of halogens is 2. The number of rotatable bonds is 1. The molecule has 0 atom stereocenters. The van der Waals surface area contributed by atoms with Gasteiger partial charge in [0.2, 0.25) is 0 Å². The van der Waals surface area contributed by atoms with Crippen LogP contribution >= 0.6 is 7.99 Å². The molecule has 0 amide bonds. The lowest BCUT2D eigenvalue weighted by molar-refractivity contribution is 0.264. The van der Waals surface area contributed by atoms with E-state index in [0.29, 0.717) is 0 Å². The van der Waals surface area contributed by atoms with Crippen LogP contribution in [0, 0.1) is 0 Å². The molecular formula is H2F2NO2P.